The molecule has 128 valence electrons. The Bertz CT molecular complexity index is 759. The number of benzene rings is 2. The number of nitrogens with zero attached hydrogens (tertiary/aromatic N) is 1. The summed E-state index contributed by atoms with van der Waals surface area (Å²) in [5.74, 6) is 0.393. The van der Waals surface area contributed by atoms with Crippen molar-refractivity contribution in [3.63, 3.8) is 0 Å². The minimum atomic E-state index is -0.384. The van der Waals surface area contributed by atoms with Gasteiger partial charge in [-0.15, -0.1) is 0 Å². The first-order chi connectivity index (χ1) is 12.1. The van der Waals surface area contributed by atoms with Crippen LogP contribution in [0.2, 0.25) is 0 Å². The van der Waals surface area contributed by atoms with E-state index in [0.29, 0.717) is 6.61 Å². The molecule has 1 atom stereocenters. The van der Waals surface area contributed by atoms with Crippen molar-refractivity contribution < 1.29 is 9.53 Å². The quantitative estimate of drug-likeness (QED) is 0.608. The van der Waals surface area contributed by atoms with E-state index < -0.39 is 0 Å². The molecule has 4 nitrogen and oxygen atoms in total. The summed E-state index contributed by atoms with van der Waals surface area (Å²) in [4.78, 5) is 12.3. The van der Waals surface area contributed by atoms with Crippen molar-refractivity contribution in [3.8, 4) is 11.8 Å². The Morgan fingerprint density at radius 2 is 1.88 bits per heavy atom. The molecule has 0 spiro atoms. The molecule has 0 aliphatic carbocycles. The summed E-state index contributed by atoms with van der Waals surface area (Å²) in [6.45, 7) is 4.60. The lowest BCUT2D eigenvalue weighted by Gasteiger charge is -2.13. The zero-order chi connectivity index (χ0) is 18.1. The highest BCUT2D eigenvalue weighted by Gasteiger charge is 2.13. The van der Waals surface area contributed by atoms with Crippen LogP contribution in [0.4, 0.5) is 0 Å². The molecule has 0 aliphatic rings. The highest BCUT2D eigenvalue weighted by Crippen LogP contribution is 2.16. The fourth-order valence-electron chi connectivity index (χ4n) is 2.29. The van der Waals surface area contributed by atoms with Gasteiger partial charge in [0.05, 0.1) is 12.6 Å². The molecule has 2 aromatic carbocycles. The number of nitrogens with one attached hydrogen (secondary N) is 1. The van der Waals surface area contributed by atoms with Crippen molar-refractivity contribution >= 4 is 12.0 Å². The number of carbonyl (C=O) groups excluding carboxylic acids is 1. The minimum Gasteiger partial charge on any atom is -0.494 e. The lowest BCUT2D eigenvalue weighted by atomic mass is 10.1. The highest BCUT2D eigenvalue weighted by atomic mass is 16.5. The summed E-state index contributed by atoms with van der Waals surface area (Å²) in [6, 6.07) is 18.8. The Morgan fingerprint density at radius 1 is 1.20 bits per heavy atom. The predicted molar refractivity (Wildman–Crippen MR) is 98.8 cm³/mol. The lowest BCUT2D eigenvalue weighted by molar-refractivity contribution is -0.117. The van der Waals surface area contributed by atoms with Crippen LogP contribution in [-0.4, -0.2) is 12.5 Å². The third kappa shape index (κ3) is 5.50. The Balaban J connectivity index is 2.06. The Kier molecular flexibility index (Phi) is 6.79. The van der Waals surface area contributed by atoms with E-state index in [1.54, 1.807) is 6.08 Å². The van der Waals surface area contributed by atoms with Crippen molar-refractivity contribution in [2.24, 2.45) is 0 Å². The van der Waals surface area contributed by atoms with Gasteiger partial charge in [0.2, 0.25) is 0 Å². The summed E-state index contributed by atoms with van der Waals surface area (Å²) in [6.07, 6.45) is 2.52. The van der Waals surface area contributed by atoms with Crippen LogP contribution in [0.3, 0.4) is 0 Å². The second-order valence-electron chi connectivity index (χ2n) is 5.69. The van der Waals surface area contributed by atoms with E-state index in [9.17, 15) is 10.1 Å². The molecule has 2 aromatic rings. The standard InChI is InChI=1S/C21H22N2O2/c1-3-13-25-20-11-9-17(10-12-20)14-19(15-22)21(24)23-16(2)18-7-5-4-6-8-18/h4-12,14,16H,3,13H2,1-2H3,(H,23,24)/b19-14+/t16-/m0/s1. The zero-order valence-electron chi connectivity index (χ0n) is 14.5. The molecule has 25 heavy (non-hydrogen) atoms. The topological polar surface area (TPSA) is 62.1 Å². The zero-order valence-corrected chi connectivity index (χ0v) is 14.5. The summed E-state index contributed by atoms with van der Waals surface area (Å²) >= 11 is 0. The minimum absolute atomic E-state index is 0.0741. The number of nitriles is 1. The number of carbonyl (C=O) groups is 1. The molecular formula is C21H22N2O2. The highest BCUT2D eigenvalue weighted by molar-refractivity contribution is 6.01. The molecule has 2 rings (SSSR count). The van der Waals surface area contributed by atoms with Gasteiger partial charge >= 0.3 is 0 Å². The van der Waals surface area contributed by atoms with Crippen LogP contribution >= 0.6 is 0 Å². The van der Waals surface area contributed by atoms with Gasteiger partial charge in [-0.3, -0.25) is 4.79 Å². The van der Waals surface area contributed by atoms with E-state index >= 15 is 0 Å². The molecule has 4 heteroatoms. The number of rotatable bonds is 7. The van der Waals surface area contributed by atoms with Gasteiger partial charge in [-0.1, -0.05) is 49.4 Å². The molecule has 0 saturated heterocycles. The van der Waals surface area contributed by atoms with Crippen LogP contribution in [0.15, 0.2) is 60.2 Å². The molecule has 0 fully saturated rings. The molecule has 0 aliphatic heterocycles. The van der Waals surface area contributed by atoms with Crippen molar-refractivity contribution in [1.29, 1.82) is 5.26 Å². The van der Waals surface area contributed by atoms with Gasteiger partial charge in [0.15, 0.2) is 0 Å². The van der Waals surface area contributed by atoms with Crippen LogP contribution in [0.1, 0.15) is 37.4 Å². The van der Waals surface area contributed by atoms with E-state index in [0.717, 1.165) is 23.3 Å². The molecule has 0 unspecified atom stereocenters. The number of amides is 1. The second-order valence-corrected chi connectivity index (χ2v) is 5.69. The summed E-state index contributed by atoms with van der Waals surface area (Å²) < 4.78 is 5.53. The third-order valence-electron chi connectivity index (χ3n) is 3.68. The van der Waals surface area contributed by atoms with Crippen molar-refractivity contribution in [2.45, 2.75) is 26.3 Å². The molecule has 1 N–H and O–H groups in total. The van der Waals surface area contributed by atoms with Crippen molar-refractivity contribution in [2.75, 3.05) is 6.61 Å². The number of hydrogen-bond acceptors (Lipinski definition) is 3. The molecule has 0 heterocycles. The maximum absolute atomic E-state index is 12.3. The fraction of sp³-hybridized carbons (Fsp3) is 0.238. The maximum Gasteiger partial charge on any atom is 0.262 e. The van der Waals surface area contributed by atoms with Crippen LogP contribution in [0.5, 0.6) is 5.75 Å². The smallest absolute Gasteiger partial charge is 0.262 e. The first-order valence-corrected chi connectivity index (χ1v) is 8.34. The van der Waals surface area contributed by atoms with Gasteiger partial charge in [0.25, 0.3) is 5.91 Å². The second kappa shape index (κ2) is 9.29. The van der Waals surface area contributed by atoms with Crippen LogP contribution in [-0.2, 0) is 4.79 Å². The van der Waals surface area contributed by atoms with E-state index in [4.69, 9.17) is 4.74 Å². The largest absolute Gasteiger partial charge is 0.494 e. The first kappa shape index (κ1) is 18.3. The Morgan fingerprint density at radius 3 is 2.48 bits per heavy atom. The lowest BCUT2D eigenvalue weighted by Crippen LogP contribution is -2.27. The van der Waals surface area contributed by atoms with E-state index in [1.807, 2.05) is 74.5 Å². The van der Waals surface area contributed by atoms with Gasteiger partial charge in [-0.2, -0.15) is 5.26 Å². The van der Waals surface area contributed by atoms with Crippen molar-refractivity contribution in [1.82, 2.24) is 5.32 Å². The summed E-state index contributed by atoms with van der Waals surface area (Å²) in [5.41, 5.74) is 1.85. The molecular weight excluding hydrogens is 312 g/mol. The van der Waals surface area contributed by atoms with Crippen LogP contribution in [0, 0.1) is 11.3 Å². The normalized spacial score (nSPS) is 12.1. The van der Waals surface area contributed by atoms with Gasteiger partial charge in [-0.25, -0.2) is 0 Å². The van der Waals surface area contributed by atoms with Gasteiger partial charge in [-0.05, 0) is 42.7 Å². The van der Waals surface area contributed by atoms with Gasteiger partial charge < -0.3 is 10.1 Å². The van der Waals surface area contributed by atoms with E-state index in [-0.39, 0.29) is 17.5 Å². The SMILES string of the molecule is CCCOc1ccc(/C=C(\C#N)C(=O)N[C@@H](C)c2ccccc2)cc1. The van der Waals surface area contributed by atoms with E-state index in [1.165, 1.54) is 0 Å². The maximum atomic E-state index is 12.3. The third-order valence-corrected chi connectivity index (χ3v) is 3.68. The van der Waals surface area contributed by atoms with Crippen LogP contribution < -0.4 is 10.1 Å². The molecule has 0 radical (unpaired) electrons. The number of hydrogen-bond donors (Lipinski definition) is 1. The first-order valence-electron chi connectivity index (χ1n) is 8.34. The Labute approximate surface area is 148 Å². The van der Waals surface area contributed by atoms with E-state index in [2.05, 4.69) is 5.32 Å². The molecule has 0 bridgehead atoms. The molecule has 0 saturated carbocycles. The summed E-state index contributed by atoms with van der Waals surface area (Å²) in [7, 11) is 0. The predicted octanol–water partition coefficient (Wildman–Crippen LogP) is 4.26. The Hall–Kier alpha value is -3.06. The average molecular weight is 334 g/mol. The van der Waals surface area contributed by atoms with Gasteiger partial charge in [0.1, 0.15) is 17.4 Å². The van der Waals surface area contributed by atoms with Gasteiger partial charge in [0, 0.05) is 0 Å². The van der Waals surface area contributed by atoms with Crippen molar-refractivity contribution in [3.05, 3.63) is 71.3 Å². The molecule has 0 aromatic heterocycles. The van der Waals surface area contributed by atoms with Crippen LogP contribution in [0.25, 0.3) is 6.08 Å². The average Bonchev–Trinajstić information content (AvgIpc) is 2.65. The fourth-order valence-corrected chi connectivity index (χ4v) is 2.29. The summed E-state index contributed by atoms with van der Waals surface area (Å²) in [5, 5.41) is 12.2. The monoisotopic (exact) mass is 334 g/mol. The molecule has 1 amide bonds. The number of ether oxygens (including phenoxy) is 1.